The molecule has 0 amide bonds. The molecule has 8 rings (SSSR count). The fourth-order valence-corrected chi connectivity index (χ4v) is 6.84. The van der Waals surface area contributed by atoms with Crippen LogP contribution in [0.25, 0.3) is 44.1 Å². The largest absolute Gasteiger partial charge is 0.355 e. The number of hydrogen-bond donors (Lipinski definition) is 1. The molecule has 178 valence electrons. The Morgan fingerprint density at radius 1 is 0.595 bits per heavy atom. The Hall–Kier alpha value is -4.10. The lowest BCUT2D eigenvalue weighted by Crippen LogP contribution is -2.14. The van der Waals surface area contributed by atoms with E-state index in [1.54, 1.807) is 11.1 Å². The van der Waals surface area contributed by atoms with Gasteiger partial charge in [-0.3, -0.25) is 0 Å². The van der Waals surface area contributed by atoms with E-state index in [0.29, 0.717) is 11.8 Å². The van der Waals surface area contributed by atoms with Gasteiger partial charge in [-0.2, -0.15) is 0 Å². The summed E-state index contributed by atoms with van der Waals surface area (Å²) in [5.41, 5.74) is 15.3. The molecule has 1 unspecified atom stereocenters. The number of fused-ring (bicyclic) bond motifs is 7. The zero-order valence-corrected chi connectivity index (χ0v) is 21.1. The van der Waals surface area contributed by atoms with Crippen molar-refractivity contribution in [1.29, 1.82) is 0 Å². The first kappa shape index (κ1) is 21.0. The van der Waals surface area contributed by atoms with Crippen molar-refractivity contribution in [3.63, 3.8) is 0 Å². The Labute approximate surface area is 217 Å². The standard InChI is InChI=1S/C36H29N/c1-22-29-16-14-25(26-15-17-36-34(20-26)31-8-4-5-9-35(31)37-36)19-33(29)30-7-3-2-6-27(30)21-32(22)28-13-11-23-10-12-24(23)18-28/h2-9,11,13-20,22,32,37H,10,12,21H2,1H3/t22?,32-/m1/s1. The summed E-state index contributed by atoms with van der Waals surface area (Å²) >= 11 is 0. The van der Waals surface area contributed by atoms with Crippen LogP contribution in [0.5, 0.6) is 0 Å². The van der Waals surface area contributed by atoms with E-state index in [0.717, 1.165) is 6.42 Å². The smallest absolute Gasteiger partial charge is 0.0465 e. The van der Waals surface area contributed by atoms with Gasteiger partial charge >= 0.3 is 0 Å². The molecular weight excluding hydrogens is 446 g/mol. The van der Waals surface area contributed by atoms with Crippen LogP contribution < -0.4 is 0 Å². The highest BCUT2D eigenvalue weighted by molar-refractivity contribution is 6.08. The summed E-state index contributed by atoms with van der Waals surface area (Å²) < 4.78 is 0. The molecule has 0 radical (unpaired) electrons. The number of aromatic amines is 1. The highest BCUT2D eigenvalue weighted by atomic mass is 14.7. The van der Waals surface area contributed by atoms with Crippen LogP contribution in [0, 0.1) is 0 Å². The number of aryl methyl sites for hydroxylation is 2. The van der Waals surface area contributed by atoms with Gasteiger partial charge in [-0.15, -0.1) is 0 Å². The van der Waals surface area contributed by atoms with E-state index in [1.165, 1.54) is 73.6 Å². The van der Waals surface area contributed by atoms with Gasteiger partial charge in [0, 0.05) is 21.8 Å². The maximum atomic E-state index is 3.57. The van der Waals surface area contributed by atoms with Crippen LogP contribution in [-0.4, -0.2) is 4.98 Å². The number of aromatic nitrogens is 1. The summed E-state index contributed by atoms with van der Waals surface area (Å²) in [6, 6.07) is 39.0. The molecule has 6 aromatic rings. The van der Waals surface area contributed by atoms with Crippen molar-refractivity contribution < 1.29 is 0 Å². The molecule has 0 spiro atoms. The zero-order chi connectivity index (χ0) is 24.5. The first-order valence-electron chi connectivity index (χ1n) is 13.6. The molecule has 0 aliphatic heterocycles. The molecule has 0 saturated heterocycles. The van der Waals surface area contributed by atoms with Gasteiger partial charge in [-0.05, 0) is 105 Å². The number of para-hydroxylation sites is 1. The van der Waals surface area contributed by atoms with E-state index in [4.69, 9.17) is 0 Å². The van der Waals surface area contributed by atoms with Gasteiger partial charge in [-0.1, -0.05) is 85.8 Å². The number of H-pyrrole nitrogens is 1. The van der Waals surface area contributed by atoms with E-state index in [-0.39, 0.29) is 0 Å². The summed E-state index contributed by atoms with van der Waals surface area (Å²) in [4.78, 5) is 3.57. The topological polar surface area (TPSA) is 15.8 Å². The van der Waals surface area contributed by atoms with Crippen LogP contribution in [0.4, 0.5) is 0 Å². The van der Waals surface area contributed by atoms with Crippen molar-refractivity contribution in [1.82, 2.24) is 4.98 Å². The Balaban J connectivity index is 1.28. The monoisotopic (exact) mass is 475 g/mol. The van der Waals surface area contributed by atoms with E-state index in [2.05, 4.69) is 115 Å². The molecule has 5 aromatic carbocycles. The number of benzene rings is 5. The lowest BCUT2D eigenvalue weighted by Gasteiger charge is -2.27. The Bertz CT molecular complexity index is 1840. The first-order chi connectivity index (χ1) is 18.2. The molecule has 1 heteroatoms. The summed E-state index contributed by atoms with van der Waals surface area (Å²) in [7, 11) is 0. The van der Waals surface area contributed by atoms with Gasteiger partial charge in [0.25, 0.3) is 0 Å². The van der Waals surface area contributed by atoms with Gasteiger partial charge in [-0.25, -0.2) is 0 Å². The predicted molar refractivity (Wildman–Crippen MR) is 155 cm³/mol. The predicted octanol–water partition coefficient (Wildman–Crippen LogP) is 9.20. The lowest BCUT2D eigenvalue weighted by atomic mass is 9.77. The van der Waals surface area contributed by atoms with Crippen LogP contribution in [0.3, 0.4) is 0 Å². The third kappa shape index (κ3) is 3.23. The van der Waals surface area contributed by atoms with Crippen molar-refractivity contribution in [3.05, 3.63) is 131 Å². The number of hydrogen-bond acceptors (Lipinski definition) is 0. The van der Waals surface area contributed by atoms with Crippen molar-refractivity contribution in [2.45, 2.75) is 38.0 Å². The minimum Gasteiger partial charge on any atom is -0.355 e. The minimum atomic E-state index is 0.450. The third-order valence-corrected chi connectivity index (χ3v) is 9.06. The highest BCUT2D eigenvalue weighted by Gasteiger charge is 2.29. The molecule has 1 N–H and O–H groups in total. The number of nitrogens with one attached hydrogen (secondary N) is 1. The van der Waals surface area contributed by atoms with Crippen LogP contribution >= 0.6 is 0 Å². The van der Waals surface area contributed by atoms with Crippen molar-refractivity contribution in [3.8, 4) is 22.3 Å². The fourth-order valence-electron chi connectivity index (χ4n) is 6.84. The minimum absolute atomic E-state index is 0.450. The SMILES string of the molecule is CC1c2ccc(-c3ccc4[nH]c5ccccc5c4c3)cc2-c2ccccc2C[C@H]1c1ccc2c(c1)CC2. The summed E-state index contributed by atoms with van der Waals surface area (Å²) in [6.45, 7) is 2.44. The highest BCUT2D eigenvalue weighted by Crippen LogP contribution is 2.47. The molecule has 2 aliphatic carbocycles. The van der Waals surface area contributed by atoms with Gasteiger partial charge < -0.3 is 4.98 Å². The van der Waals surface area contributed by atoms with Crippen LogP contribution in [0.1, 0.15) is 46.6 Å². The molecule has 2 aliphatic rings. The van der Waals surface area contributed by atoms with Crippen molar-refractivity contribution >= 4 is 21.8 Å². The van der Waals surface area contributed by atoms with Crippen molar-refractivity contribution in [2.75, 3.05) is 0 Å². The lowest BCUT2D eigenvalue weighted by molar-refractivity contribution is 0.577. The van der Waals surface area contributed by atoms with Crippen LogP contribution in [0.15, 0.2) is 103 Å². The molecule has 1 nitrogen and oxygen atoms in total. The van der Waals surface area contributed by atoms with E-state index in [1.807, 2.05) is 0 Å². The first-order valence-corrected chi connectivity index (χ1v) is 13.6. The maximum Gasteiger partial charge on any atom is 0.0465 e. The molecule has 0 fully saturated rings. The Kier molecular flexibility index (Phi) is 4.52. The molecule has 2 atom stereocenters. The molecular formula is C36H29N. The molecule has 0 bridgehead atoms. The average molecular weight is 476 g/mol. The molecule has 37 heavy (non-hydrogen) atoms. The van der Waals surface area contributed by atoms with Gasteiger partial charge in [0.2, 0.25) is 0 Å². The second-order valence-corrected chi connectivity index (χ2v) is 11.0. The maximum absolute atomic E-state index is 3.57. The fraction of sp³-hybridized carbons (Fsp3) is 0.167. The van der Waals surface area contributed by atoms with E-state index < -0.39 is 0 Å². The second-order valence-electron chi connectivity index (χ2n) is 11.0. The van der Waals surface area contributed by atoms with Crippen molar-refractivity contribution in [2.24, 2.45) is 0 Å². The summed E-state index contributed by atoms with van der Waals surface area (Å²) in [5.74, 6) is 0.937. The second kappa shape index (κ2) is 7.95. The van der Waals surface area contributed by atoms with Gasteiger partial charge in [0.1, 0.15) is 0 Å². The zero-order valence-electron chi connectivity index (χ0n) is 21.1. The van der Waals surface area contributed by atoms with E-state index in [9.17, 15) is 0 Å². The summed E-state index contributed by atoms with van der Waals surface area (Å²) in [6.07, 6.45) is 3.57. The number of rotatable bonds is 2. The Morgan fingerprint density at radius 3 is 2.27 bits per heavy atom. The average Bonchev–Trinajstić information content (AvgIpc) is 3.24. The van der Waals surface area contributed by atoms with Gasteiger partial charge in [0.15, 0.2) is 0 Å². The van der Waals surface area contributed by atoms with Crippen LogP contribution in [0.2, 0.25) is 0 Å². The van der Waals surface area contributed by atoms with Gasteiger partial charge in [0.05, 0.1) is 0 Å². The molecule has 1 aromatic heterocycles. The van der Waals surface area contributed by atoms with E-state index >= 15 is 0 Å². The third-order valence-electron chi connectivity index (χ3n) is 9.06. The molecule has 0 saturated carbocycles. The summed E-state index contributed by atoms with van der Waals surface area (Å²) in [5, 5.41) is 2.58. The quantitative estimate of drug-likeness (QED) is 0.257. The normalized spacial score (nSPS) is 18.1. The van der Waals surface area contributed by atoms with Crippen LogP contribution in [-0.2, 0) is 19.3 Å². The Morgan fingerprint density at radius 2 is 1.38 bits per heavy atom. The molecule has 1 heterocycles.